The second-order valence-electron chi connectivity index (χ2n) is 5.22. The highest BCUT2D eigenvalue weighted by molar-refractivity contribution is 6.04. The first-order valence-corrected chi connectivity index (χ1v) is 6.79. The van der Waals surface area contributed by atoms with Crippen molar-refractivity contribution in [3.63, 3.8) is 0 Å². The van der Waals surface area contributed by atoms with Crippen molar-refractivity contribution in [1.82, 2.24) is 4.98 Å². The number of hydrogen-bond acceptors (Lipinski definition) is 3. The Balaban J connectivity index is 1.89. The summed E-state index contributed by atoms with van der Waals surface area (Å²) >= 11 is 0. The van der Waals surface area contributed by atoms with Gasteiger partial charge in [0.05, 0.1) is 0 Å². The van der Waals surface area contributed by atoms with E-state index in [2.05, 4.69) is 10.3 Å². The van der Waals surface area contributed by atoms with E-state index in [9.17, 15) is 4.79 Å². The van der Waals surface area contributed by atoms with Crippen LogP contribution in [0.2, 0.25) is 0 Å². The fraction of sp³-hybridized carbons (Fsp3) is 0.176. The van der Waals surface area contributed by atoms with Crippen molar-refractivity contribution in [2.75, 3.05) is 5.32 Å². The largest absolute Gasteiger partial charge is 0.449 e. The summed E-state index contributed by atoms with van der Waals surface area (Å²) in [6.45, 7) is 5.89. The van der Waals surface area contributed by atoms with E-state index in [1.54, 1.807) is 6.07 Å². The molecule has 0 bridgehead atoms. The Labute approximate surface area is 122 Å². The molecule has 2 heterocycles. The molecule has 3 rings (SSSR count). The molecule has 4 heteroatoms. The first-order chi connectivity index (χ1) is 10.0. The molecule has 0 saturated carbocycles. The molecule has 1 amide bonds. The van der Waals surface area contributed by atoms with E-state index in [1.165, 1.54) is 0 Å². The molecule has 106 valence electrons. The highest BCUT2D eigenvalue weighted by atomic mass is 16.3. The number of amides is 1. The van der Waals surface area contributed by atoms with Gasteiger partial charge in [0, 0.05) is 17.4 Å². The Kier molecular flexibility index (Phi) is 3.22. The average Bonchev–Trinajstić information content (AvgIpc) is 2.85. The highest BCUT2D eigenvalue weighted by Crippen LogP contribution is 2.21. The fourth-order valence-corrected chi connectivity index (χ4v) is 2.28. The maximum atomic E-state index is 12.3. The first-order valence-electron chi connectivity index (χ1n) is 6.79. The van der Waals surface area contributed by atoms with Crippen LogP contribution in [0.4, 0.5) is 5.69 Å². The first kappa shape index (κ1) is 13.4. The van der Waals surface area contributed by atoms with Crippen LogP contribution >= 0.6 is 0 Å². The van der Waals surface area contributed by atoms with Gasteiger partial charge >= 0.3 is 0 Å². The Morgan fingerprint density at radius 3 is 2.67 bits per heavy atom. The molecule has 0 spiro atoms. The Bertz CT molecular complexity index is 834. The molecular formula is C17H16N2O2. The van der Waals surface area contributed by atoms with Gasteiger partial charge in [-0.05, 0) is 44.5 Å². The maximum absolute atomic E-state index is 12.3. The van der Waals surface area contributed by atoms with Gasteiger partial charge in [-0.15, -0.1) is 0 Å². The Hall–Kier alpha value is -2.62. The summed E-state index contributed by atoms with van der Waals surface area (Å²) in [7, 11) is 0. The number of rotatable bonds is 2. The number of hydrogen-bond donors (Lipinski definition) is 1. The highest BCUT2D eigenvalue weighted by Gasteiger charge is 2.14. The van der Waals surface area contributed by atoms with Gasteiger partial charge in [-0.3, -0.25) is 4.79 Å². The topological polar surface area (TPSA) is 55.1 Å². The van der Waals surface area contributed by atoms with Crippen molar-refractivity contribution in [2.24, 2.45) is 0 Å². The van der Waals surface area contributed by atoms with Gasteiger partial charge in [-0.1, -0.05) is 17.7 Å². The summed E-state index contributed by atoms with van der Waals surface area (Å²) in [5.41, 5.74) is 5.18. The second kappa shape index (κ2) is 5.05. The number of fused-ring (bicyclic) bond motifs is 1. The number of furan rings is 1. The molecule has 0 saturated heterocycles. The van der Waals surface area contributed by atoms with Crippen LogP contribution in [0.5, 0.6) is 0 Å². The smallest absolute Gasteiger partial charge is 0.291 e. The van der Waals surface area contributed by atoms with Crippen molar-refractivity contribution in [1.29, 1.82) is 0 Å². The number of nitrogens with zero attached hydrogens (tertiary/aromatic N) is 1. The summed E-state index contributed by atoms with van der Waals surface area (Å²) in [4.78, 5) is 16.6. The van der Waals surface area contributed by atoms with Crippen LogP contribution in [-0.4, -0.2) is 10.9 Å². The molecule has 0 radical (unpaired) electrons. The molecule has 0 atom stereocenters. The lowest BCUT2D eigenvalue weighted by atomic mass is 10.1. The van der Waals surface area contributed by atoms with E-state index < -0.39 is 0 Å². The lowest BCUT2D eigenvalue weighted by molar-refractivity contribution is 0.0998. The molecule has 4 nitrogen and oxygen atoms in total. The molecule has 0 aliphatic heterocycles. The van der Waals surface area contributed by atoms with Gasteiger partial charge in [0.25, 0.3) is 5.91 Å². The van der Waals surface area contributed by atoms with Gasteiger partial charge < -0.3 is 9.73 Å². The van der Waals surface area contributed by atoms with Crippen molar-refractivity contribution in [3.8, 4) is 0 Å². The quantitative estimate of drug-likeness (QED) is 0.771. The number of carbonyl (C=O) groups excluding carboxylic acids is 1. The van der Waals surface area contributed by atoms with Crippen LogP contribution in [0, 0.1) is 20.8 Å². The fourth-order valence-electron chi connectivity index (χ4n) is 2.28. The van der Waals surface area contributed by atoms with E-state index in [1.807, 2.05) is 51.1 Å². The summed E-state index contributed by atoms with van der Waals surface area (Å²) in [5, 5.41) is 2.87. The lowest BCUT2D eigenvalue weighted by Crippen LogP contribution is -2.11. The standard InChI is InChI=1S/C17H16N2O2/c1-10-4-6-13(11(2)8-10)19-17(20)16-9-14-15(21-16)7-5-12(3)18-14/h4-9H,1-3H3,(H,19,20). The molecule has 0 aliphatic rings. The zero-order valence-electron chi connectivity index (χ0n) is 12.2. The van der Waals surface area contributed by atoms with Crippen molar-refractivity contribution in [3.05, 3.63) is 59.0 Å². The third-order valence-electron chi connectivity index (χ3n) is 3.37. The van der Waals surface area contributed by atoms with Gasteiger partial charge in [0.15, 0.2) is 11.3 Å². The number of carbonyl (C=O) groups is 1. The summed E-state index contributed by atoms with van der Waals surface area (Å²) in [6, 6.07) is 11.2. The maximum Gasteiger partial charge on any atom is 0.291 e. The van der Waals surface area contributed by atoms with Crippen LogP contribution in [-0.2, 0) is 0 Å². The van der Waals surface area contributed by atoms with Crippen molar-refractivity contribution in [2.45, 2.75) is 20.8 Å². The number of benzene rings is 1. The Morgan fingerprint density at radius 2 is 1.90 bits per heavy atom. The minimum atomic E-state index is -0.266. The second-order valence-corrected chi connectivity index (χ2v) is 5.22. The predicted octanol–water partition coefficient (Wildman–Crippen LogP) is 4.01. The minimum absolute atomic E-state index is 0.266. The SMILES string of the molecule is Cc1ccc(NC(=O)c2cc3nc(C)ccc3o2)c(C)c1. The average molecular weight is 280 g/mol. The normalized spacial score (nSPS) is 10.8. The summed E-state index contributed by atoms with van der Waals surface area (Å²) in [5.74, 6) is 0.000631. The molecule has 21 heavy (non-hydrogen) atoms. The number of anilines is 1. The van der Waals surface area contributed by atoms with Crippen LogP contribution in [0.1, 0.15) is 27.4 Å². The van der Waals surface area contributed by atoms with E-state index in [0.717, 1.165) is 22.5 Å². The molecule has 1 N–H and O–H groups in total. The molecule has 0 unspecified atom stereocenters. The van der Waals surface area contributed by atoms with Gasteiger partial charge in [0.2, 0.25) is 0 Å². The van der Waals surface area contributed by atoms with Gasteiger partial charge in [0.1, 0.15) is 5.52 Å². The zero-order valence-corrected chi connectivity index (χ0v) is 12.2. The van der Waals surface area contributed by atoms with Crippen molar-refractivity contribution >= 4 is 22.7 Å². The summed E-state index contributed by atoms with van der Waals surface area (Å²) in [6.07, 6.45) is 0. The van der Waals surface area contributed by atoms with E-state index in [0.29, 0.717) is 11.1 Å². The number of aryl methyl sites for hydroxylation is 3. The zero-order chi connectivity index (χ0) is 15.0. The minimum Gasteiger partial charge on any atom is -0.449 e. The van der Waals surface area contributed by atoms with Crippen LogP contribution in [0.15, 0.2) is 40.8 Å². The van der Waals surface area contributed by atoms with E-state index in [4.69, 9.17) is 4.42 Å². The van der Waals surface area contributed by atoms with Gasteiger partial charge in [-0.2, -0.15) is 0 Å². The van der Waals surface area contributed by atoms with Gasteiger partial charge in [-0.25, -0.2) is 4.98 Å². The molecule has 3 aromatic rings. The number of aromatic nitrogens is 1. The molecule has 2 aromatic heterocycles. The molecule has 1 aromatic carbocycles. The molecule has 0 aliphatic carbocycles. The van der Waals surface area contributed by atoms with Crippen molar-refractivity contribution < 1.29 is 9.21 Å². The summed E-state index contributed by atoms with van der Waals surface area (Å²) < 4.78 is 5.55. The number of pyridine rings is 1. The third kappa shape index (κ3) is 2.65. The monoisotopic (exact) mass is 280 g/mol. The van der Waals surface area contributed by atoms with Crippen LogP contribution in [0.3, 0.4) is 0 Å². The van der Waals surface area contributed by atoms with Crippen LogP contribution < -0.4 is 5.32 Å². The molecule has 0 fully saturated rings. The lowest BCUT2D eigenvalue weighted by Gasteiger charge is -2.07. The predicted molar refractivity (Wildman–Crippen MR) is 82.6 cm³/mol. The third-order valence-corrected chi connectivity index (χ3v) is 3.37. The number of nitrogens with one attached hydrogen (secondary N) is 1. The molecular weight excluding hydrogens is 264 g/mol. The van der Waals surface area contributed by atoms with E-state index >= 15 is 0 Å². The Morgan fingerprint density at radius 1 is 1.10 bits per heavy atom. The van der Waals surface area contributed by atoms with Crippen LogP contribution in [0.25, 0.3) is 11.1 Å². The van der Waals surface area contributed by atoms with E-state index in [-0.39, 0.29) is 11.7 Å².